The number of amides is 1. The van der Waals surface area contributed by atoms with Gasteiger partial charge in [0, 0.05) is 6.08 Å². The molecule has 0 radical (unpaired) electrons. The van der Waals surface area contributed by atoms with Crippen LogP contribution in [-0.2, 0) is 14.3 Å². The van der Waals surface area contributed by atoms with Gasteiger partial charge in [0.15, 0.2) is 0 Å². The standard InChI is InChI=1S/C14H23NO4/c1-14(2,3)19-13(17)15-11(9-10-5-6-10)7-8-12(16)18-4/h7-8,10-11H,5-6,9H2,1-4H3,(H,15,17). The summed E-state index contributed by atoms with van der Waals surface area (Å²) in [5, 5.41) is 2.77. The van der Waals surface area contributed by atoms with E-state index in [1.807, 2.05) is 20.8 Å². The fourth-order valence-electron chi connectivity index (χ4n) is 1.62. The molecule has 0 aromatic carbocycles. The van der Waals surface area contributed by atoms with Crippen LogP contribution in [0.25, 0.3) is 0 Å². The van der Waals surface area contributed by atoms with E-state index in [9.17, 15) is 9.59 Å². The topological polar surface area (TPSA) is 64.6 Å². The summed E-state index contributed by atoms with van der Waals surface area (Å²) in [6, 6.07) is -0.193. The van der Waals surface area contributed by atoms with Crippen LogP contribution in [-0.4, -0.2) is 30.8 Å². The Morgan fingerprint density at radius 3 is 2.47 bits per heavy atom. The van der Waals surface area contributed by atoms with Gasteiger partial charge in [-0.2, -0.15) is 0 Å². The zero-order valence-corrected chi connectivity index (χ0v) is 12.1. The number of hydrogen-bond acceptors (Lipinski definition) is 4. The normalized spacial score (nSPS) is 17.1. The fourth-order valence-corrected chi connectivity index (χ4v) is 1.62. The highest BCUT2D eigenvalue weighted by Crippen LogP contribution is 2.33. The highest BCUT2D eigenvalue weighted by molar-refractivity contribution is 5.82. The van der Waals surface area contributed by atoms with Crippen LogP contribution in [0.5, 0.6) is 0 Å². The molecule has 1 rings (SSSR count). The van der Waals surface area contributed by atoms with Crippen molar-refractivity contribution in [3.05, 3.63) is 12.2 Å². The van der Waals surface area contributed by atoms with E-state index in [0.29, 0.717) is 5.92 Å². The summed E-state index contributed by atoms with van der Waals surface area (Å²) >= 11 is 0. The minimum Gasteiger partial charge on any atom is -0.466 e. The Morgan fingerprint density at radius 1 is 1.37 bits per heavy atom. The summed E-state index contributed by atoms with van der Waals surface area (Å²) in [7, 11) is 1.32. The molecule has 0 spiro atoms. The van der Waals surface area contributed by atoms with Gasteiger partial charge in [0.25, 0.3) is 0 Å². The minimum atomic E-state index is -0.528. The van der Waals surface area contributed by atoms with Gasteiger partial charge in [0.05, 0.1) is 13.2 Å². The number of rotatable bonds is 5. The van der Waals surface area contributed by atoms with Crippen LogP contribution in [0, 0.1) is 5.92 Å². The number of carbonyl (C=O) groups is 2. The molecule has 1 aliphatic rings. The van der Waals surface area contributed by atoms with Crippen LogP contribution in [0.3, 0.4) is 0 Å². The third-order valence-electron chi connectivity index (χ3n) is 2.65. The maximum absolute atomic E-state index is 11.7. The molecule has 5 heteroatoms. The lowest BCUT2D eigenvalue weighted by molar-refractivity contribution is -0.134. The maximum Gasteiger partial charge on any atom is 0.408 e. The molecule has 108 valence electrons. The lowest BCUT2D eigenvalue weighted by Gasteiger charge is -2.22. The zero-order valence-electron chi connectivity index (χ0n) is 12.1. The summed E-state index contributed by atoms with van der Waals surface area (Å²) < 4.78 is 9.74. The number of esters is 1. The zero-order chi connectivity index (χ0) is 14.5. The van der Waals surface area contributed by atoms with E-state index >= 15 is 0 Å². The molecule has 5 nitrogen and oxygen atoms in total. The van der Waals surface area contributed by atoms with Crippen molar-refractivity contribution in [3.63, 3.8) is 0 Å². The second-order valence-electron chi connectivity index (χ2n) is 5.81. The predicted molar refractivity (Wildman–Crippen MR) is 71.7 cm³/mol. The Bertz CT molecular complexity index is 353. The smallest absolute Gasteiger partial charge is 0.408 e. The van der Waals surface area contributed by atoms with Gasteiger partial charge in [-0.15, -0.1) is 0 Å². The number of carbonyl (C=O) groups excluding carboxylic acids is 2. The Kier molecular flexibility index (Phi) is 5.39. The molecule has 0 heterocycles. The first-order valence-corrected chi connectivity index (χ1v) is 6.56. The van der Waals surface area contributed by atoms with Gasteiger partial charge in [0.2, 0.25) is 0 Å². The molecule has 1 amide bonds. The molecule has 0 aliphatic heterocycles. The molecular formula is C14H23NO4. The van der Waals surface area contributed by atoms with Crippen molar-refractivity contribution in [2.75, 3.05) is 7.11 Å². The Balaban J connectivity index is 2.51. The van der Waals surface area contributed by atoms with Crippen LogP contribution in [0.2, 0.25) is 0 Å². The first-order chi connectivity index (χ1) is 8.80. The third kappa shape index (κ3) is 7.49. The second kappa shape index (κ2) is 6.59. The summed E-state index contributed by atoms with van der Waals surface area (Å²) in [6.07, 6.45) is 5.72. The van der Waals surface area contributed by atoms with Crippen LogP contribution < -0.4 is 5.32 Å². The number of hydrogen-bond donors (Lipinski definition) is 1. The predicted octanol–water partition coefficient (Wildman–Crippen LogP) is 2.41. The molecule has 1 fully saturated rings. The summed E-state index contributed by atoms with van der Waals surface area (Å²) in [5.74, 6) is 0.203. The number of alkyl carbamates (subject to hydrolysis) is 1. The molecular weight excluding hydrogens is 246 g/mol. The average Bonchev–Trinajstić information content (AvgIpc) is 3.06. The van der Waals surface area contributed by atoms with Gasteiger partial charge >= 0.3 is 12.1 Å². The van der Waals surface area contributed by atoms with E-state index in [1.54, 1.807) is 6.08 Å². The van der Waals surface area contributed by atoms with Crippen molar-refractivity contribution in [2.45, 2.75) is 51.7 Å². The molecule has 0 aromatic heterocycles. The van der Waals surface area contributed by atoms with Gasteiger partial charge < -0.3 is 14.8 Å². The molecule has 0 aromatic rings. The van der Waals surface area contributed by atoms with Gasteiger partial charge in [-0.1, -0.05) is 18.9 Å². The van der Waals surface area contributed by atoms with Gasteiger partial charge in [-0.05, 0) is 33.1 Å². The van der Waals surface area contributed by atoms with Crippen molar-refractivity contribution < 1.29 is 19.1 Å². The van der Waals surface area contributed by atoms with Crippen molar-refractivity contribution >= 4 is 12.1 Å². The summed E-state index contributed by atoms with van der Waals surface area (Å²) in [4.78, 5) is 22.8. The highest BCUT2D eigenvalue weighted by Gasteiger charge is 2.26. The molecule has 19 heavy (non-hydrogen) atoms. The summed E-state index contributed by atoms with van der Waals surface area (Å²) in [6.45, 7) is 5.44. The molecule has 1 atom stereocenters. The highest BCUT2D eigenvalue weighted by atomic mass is 16.6. The number of methoxy groups -OCH3 is 1. The molecule has 1 unspecified atom stereocenters. The van der Waals surface area contributed by atoms with Crippen LogP contribution in [0.4, 0.5) is 4.79 Å². The van der Waals surface area contributed by atoms with Crippen LogP contribution >= 0.6 is 0 Å². The Hall–Kier alpha value is -1.52. The number of nitrogens with one attached hydrogen (secondary N) is 1. The molecule has 1 saturated carbocycles. The van der Waals surface area contributed by atoms with Gasteiger partial charge in [0.1, 0.15) is 5.60 Å². The summed E-state index contributed by atoms with van der Waals surface area (Å²) in [5.41, 5.74) is -0.528. The lowest BCUT2D eigenvalue weighted by atomic mass is 10.1. The van der Waals surface area contributed by atoms with E-state index in [2.05, 4.69) is 10.1 Å². The second-order valence-corrected chi connectivity index (χ2v) is 5.81. The third-order valence-corrected chi connectivity index (χ3v) is 2.65. The molecule has 1 aliphatic carbocycles. The average molecular weight is 269 g/mol. The van der Waals surface area contributed by atoms with Crippen LogP contribution in [0.1, 0.15) is 40.0 Å². The van der Waals surface area contributed by atoms with Gasteiger partial charge in [-0.25, -0.2) is 9.59 Å². The quantitative estimate of drug-likeness (QED) is 0.615. The van der Waals surface area contributed by atoms with E-state index in [-0.39, 0.29) is 6.04 Å². The first-order valence-electron chi connectivity index (χ1n) is 6.56. The largest absolute Gasteiger partial charge is 0.466 e. The molecule has 1 N–H and O–H groups in total. The Labute approximate surface area is 114 Å². The van der Waals surface area contributed by atoms with E-state index in [4.69, 9.17) is 4.74 Å². The van der Waals surface area contributed by atoms with Crippen molar-refractivity contribution in [1.82, 2.24) is 5.32 Å². The monoisotopic (exact) mass is 269 g/mol. The van der Waals surface area contributed by atoms with E-state index in [0.717, 1.165) is 6.42 Å². The number of ether oxygens (including phenoxy) is 2. The van der Waals surface area contributed by atoms with Crippen molar-refractivity contribution in [3.8, 4) is 0 Å². The maximum atomic E-state index is 11.7. The molecule has 0 saturated heterocycles. The van der Waals surface area contributed by atoms with E-state index in [1.165, 1.54) is 26.0 Å². The van der Waals surface area contributed by atoms with E-state index < -0.39 is 17.7 Å². The fraction of sp³-hybridized carbons (Fsp3) is 0.714. The Morgan fingerprint density at radius 2 is 2.00 bits per heavy atom. The van der Waals surface area contributed by atoms with Crippen molar-refractivity contribution in [2.24, 2.45) is 5.92 Å². The first kappa shape index (κ1) is 15.5. The molecule has 0 bridgehead atoms. The van der Waals surface area contributed by atoms with Crippen LogP contribution in [0.15, 0.2) is 12.2 Å². The van der Waals surface area contributed by atoms with Gasteiger partial charge in [-0.3, -0.25) is 0 Å². The van der Waals surface area contributed by atoms with Crippen molar-refractivity contribution in [1.29, 1.82) is 0 Å². The SMILES string of the molecule is COC(=O)C=CC(CC1CC1)NC(=O)OC(C)(C)C. The minimum absolute atomic E-state index is 0.193. The lowest BCUT2D eigenvalue weighted by Crippen LogP contribution is -2.38.